The van der Waals surface area contributed by atoms with Gasteiger partial charge in [-0.3, -0.25) is 0 Å². The third kappa shape index (κ3) is 3.72. The van der Waals surface area contributed by atoms with Gasteiger partial charge in [-0.2, -0.15) is 0 Å². The molecule has 4 aliphatic carbocycles. The molecule has 0 heterocycles. The van der Waals surface area contributed by atoms with E-state index in [0.717, 1.165) is 0 Å². The summed E-state index contributed by atoms with van der Waals surface area (Å²) in [5.74, 6) is 0. The molecule has 266 valence electrons. The SMILES string of the molecule is CC1(C)c2ccccc2-c2cccc(N(c3cccc4c3C(C)(C)c3ccccc3-4)c3cccc4c3C3(c5ccccc5-c5ccccc53)c3ccccc3-4)c21. The highest BCUT2D eigenvalue weighted by atomic mass is 15.2. The maximum Gasteiger partial charge on any atom is 0.0746 e. The monoisotopic (exact) mass is 715 g/mol. The number of anilines is 3. The molecule has 1 heteroatoms. The van der Waals surface area contributed by atoms with Gasteiger partial charge in [0.05, 0.1) is 22.5 Å². The first kappa shape index (κ1) is 31.9. The van der Waals surface area contributed by atoms with Crippen molar-refractivity contribution in [3.8, 4) is 44.5 Å². The normalized spacial score (nSPS) is 15.9. The molecule has 12 rings (SSSR count). The highest BCUT2D eigenvalue weighted by Crippen LogP contribution is 2.67. The second-order valence-corrected chi connectivity index (χ2v) is 17.2. The maximum absolute atomic E-state index is 2.69. The molecule has 0 saturated heterocycles. The third-order valence-electron chi connectivity index (χ3n) is 13.8. The van der Waals surface area contributed by atoms with E-state index in [0.29, 0.717) is 0 Å². The molecule has 56 heavy (non-hydrogen) atoms. The van der Waals surface area contributed by atoms with E-state index < -0.39 is 5.41 Å². The Morgan fingerprint density at radius 2 is 0.536 bits per heavy atom. The van der Waals surface area contributed by atoms with E-state index in [2.05, 4.69) is 209 Å². The van der Waals surface area contributed by atoms with Gasteiger partial charge in [-0.05, 0) is 102 Å². The maximum atomic E-state index is 2.69. The van der Waals surface area contributed by atoms with Crippen LogP contribution in [0, 0.1) is 0 Å². The molecule has 0 amide bonds. The fourth-order valence-electron chi connectivity index (χ4n) is 11.7. The molecule has 4 aliphatic rings. The Bertz CT molecular complexity index is 2820. The zero-order valence-corrected chi connectivity index (χ0v) is 32.2. The summed E-state index contributed by atoms with van der Waals surface area (Å²) in [6.07, 6.45) is 0. The van der Waals surface area contributed by atoms with Crippen LogP contribution in [0.25, 0.3) is 44.5 Å². The summed E-state index contributed by atoms with van der Waals surface area (Å²) in [5.41, 5.74) is 24.3. The summed E-state index contributed by atoms with van der Waals surface area (Å²) in [4.78, 5) is 2.69. The van der Waals surface area contributed by atoms with Gasteiger partial charge < -0.3 is 4.90 Å². The van der Waals surface area contributed by atoms with Crippen LogP contribution < -0.4 is 4.90 Å². The van der Waals surface area contributed by atoms with Crippen molar-refractivity contribution in [2.45, 2.75) is 43.9 Å². The highest BCUT2D eigenvalue weighted by Gasteiger charge is 2.54. The lowest BCUT2D eigenvalue weighted by atomic mass is 9.69. The molecule has 0 aliphatic heterocycles. The van der Waals surface area contributed by atoms with Gasteiger partial charge in [0.1, 0.15) is 0 Å². The molecular formula is C55H41N. The number of fused-ring (bicyclic) bond motifs is 16. The molecule has 8 aromatic rings. The van der Waals surface area contributed by atoms with E-state index in [-0.39, 0.29) is 10.8 Å². The molecule has 1 nitrogen and oxygen atoms in total. The van der Waals surface area contributed by atoms with E-state index in [1.165, 1.54) is 106 Å². The van der Waals surface area contributed by atoms with Crippen molar-refractivity contribution in [2.75, 3.05) is 4.90 Å². The molecule has 0 radical (unpaired) electrons. The van der Waals surface area contributed by atoms with E-state index in [9.17, 15) is 0 Å². The van der Waals surface area contributed by atoms with E-state index >= 15 is 0 Å². The second-order valence-electron chi connectivity index (χ2n) is 17.2. The van der Waals surface area contributed by atoms with Crippen molar-refractivity contribution in [2.24, 2.45) is 0 Å². The average Bonchev–Trinajstić information content (AvgIpc) is 3.87. The van der Waals surface area contributed by atoms with Gasteiger partial charge in [-0.1, -0.05) is 185 Å². The molecule has 1 spiro atoms. The lowest BCUT2D eigenvalue weighted by molar-refractivity contribution is 0.655. The minimum atomic E-state index is -0.499. The second kappa shape index (κ2) is 10.9. The Kier molecular flexibility index (Phi) is 6.18. The average molecular weight is 716 g/mol. The van der Waals surface area contributed by atoms with Crippen LogP contribution in [0.15, 0.2) is 176 Å². The van der Waals surface area contributed by atoms with Gasteiger partial charge in [-0.25, -0.2) is 0 Å². The Labute approximate surface area is 329 Å². The topological polar surface area (TPSA) is 3.24 Å². The summed E-state index contributed by atoms with van der Waals surface area (Å²) in [6, 6.07) is 66.7. The van der Waals surface area contributed by atoms with E-state index in [1.54, 1.807) is 0 Å². The molecule has 0 N–H and O–H groups in total. The van der Waals surface area contributed by atoms with Crippen LogP contribution >= 0.6 is 0 Å². The van der Waals surface area contributed by atoms with Crippen LogP contribution in [-0.2, 0) is 16.2 Å². The summed E-state index contributed by atoms with van der Waals surface area (Å²) in [5, 5.41) is 0. The fourth-order valence-corrected chi connectivity index (χ4v) is 11.7. The van der Waals surface area contributed by atoms with Crippen LogP contribution in [-0.4, -0.2) is 0 Å². The van der Waals surface area contributed by atoms with Gasteiger partial charge in [0, 0.05) is 16.4 Å². The molecule has 0 aromatic heterocycles. The molecule has 8 aromatic carbocycles. The third-order valence-corrected chi connectivity index (χ3v) is 13.8. The van der Waals surface area contributed by atoms with Crippen molar-refractivity contribution >= 4 is 17.1 Å². The Balaban J connectivity index is 1.25. The molecule has 0 atom stereocenters. The first-order chi connectivity index (χ1) is 27.3. The van der Waals surface area contributed by atoms with Crippen molar-refractivity contribution < 1.29 is 0 Å². The zero-order valence-electron chi connectivity index (χ0n) is 32.2. The first-order valence-electron chi connectivity index (χ1n) is 20.0. The van der Waals surface area contributed by atoms with Crippen LogP contribution in [0.4, 0.5) is 17.1 Å². The summed E-state index contributed by atoms with van der Waals surface area (Å²) >= 11 is 0. The molecule has 0 fully saturated rings. The predicted octanol–water partition coefficient (Wildman–Crippen LogP) is 14.1. The smallest absolute Gasteiger partial charge is 0.0746 e. The fraction of sp³-hybridized carbons (Fsp3) is 0.127. The summed E-state index contributed by atoms with van der Waals surface area (Å²) < 4.78 is 0. The van der Waals surface area contributed by atoms with E-state index in [1.807, 2.05) is 0 Å². The van der Waals surface area contributed by atoms with Gasteiger partial charge in [0.2, 0.25) is 0 Å². The van der Waals surface area contributed by atoms with Crippen LogP contribution in [0.1, 0.15) is 72.2 Å². The van der Waals surface area contributed by atoms with Gasteiger partial charge in [-0.15, -0.1) is 0 Å². The van der Waals surface area contributed by atoms with Gasteiger partial charge >= 0.3 is 0 Å². The minimum Gasteiger partial charge on any atom is -0.309 e. The summed E-state index contributed by atoms with van der Waals surface area (Å²) in [7, 11) is 0. The van der Waals surface area contributed by atoms with Gasteiger partial charge in [0.15, 0.2) is 0 Å². The standard InChI is InChI=1S/C55H41N/c1-53(2)42-26-10-5-20-36(42)39-23-15-31-47(50(39)53)56(48-32-16-24-40-37-21-6-11-27-43(37)54(3,4)51(40)48)49-33-17-25-41-38-22-9-14-30-46(38)55(52(41)49)44-28-12-7-18-34(44)35-19-8-13-29-45(35)55/h5-33H,1-4H3. The van der Waals surface area contributed by atoms with Crippen molar-refractivity contribution in [3.05, 3.63) is 220 Å². The van der Waals surface area contributed by atoms with Gasteiger partial charge in [0.25, 0.3) is 0 Å². The summed E-state index contributed by atoms with van der Waals surface area (Å²) in [6.45, 7) is 9.69. The Morgan fingerprint density at radius 3 is 0.929 bits per heavy atom. The number of benzene rings is 8. The minimum absolute atomic E-state index is 0.220. The Hall–Kier alpha value is -6.44. The molecule has 0 bridgehead atoms. The van der Waals surface area contributed by atoms with Crippen molar-refractivity contribution in [3.63, 3.8) is 0 Å². The number of rotatable bonds is 3. The lowest BCUT2D eigenvalue weighted by Crippen LogP contribution is -2.30. The predicted molar refractivity (Wildman–Crippen MR) is 233 cm³/mol. The first-order valence-corrected chi connectivity index (χ1v) is 20.0. The van der Waals surface area contributed by atoms with E-state index in [4.69, 9.17) is 0 Å². The number of hydrogen-bond acceptors (Lipinski definition) is 1. The molecule has 0 unspecified atom stereocenters. The van der Waals surface area contributed by atoms with Crippen LogP contribution in [0.5, 0.6) is 0 Å². The zero-order chi connectivity index (χ0) is 37.6. The number of nitrogens with zero attached hydrogens (tertiary/aromatic N) is 1. The van der Waals surface area contributed by atoms with Crippen molar-refractivity contribution in [1.29, 1.82) is 0 Å². The van der Waals surface area contributed by atoms with Crippen LogP contribution in [0.3, 0.4) is 0 Å². The highest BCUT2D eigenvalue weighted by molar-refractivity contribution is 6.02. The largest absolute Gasteiger partial charge is 0.309 e. The van der Waals surface area contributed by atoms with Crippen molar-refractivity contribution in [1.82, 2.24) is 0 Å². The molecule has 0 saturated carbocycles. The Morgan fingerprint density at radius 1 is 0.268 bits per heavy atom. The molecular weight excluding hydrogens is 675 g/mol. The number of hydrogen-bond donors (Lipinski definition) is 0. The quantitative estimate of drug-likeness (QED) is 0.176. The van der Waals surface area contributed by atoms with Crippen LogP contribution in [0.2, 0.25) is 0 Å². The lowest BCUT2D eigenvalue weighted by Gasteiger charge is -2.39.